The topological polar surface area (TPSA) is 63.7 Å². The molecular formula is C29H43N3O3S. The van der Waals surface area contributed by atoms with Crippen molar-refractivity contribution in [2.24, 2.45) is 0 Å². The first kappa shape index (κ1) is 31.4. The number of anilines is 2. The molecule has 0 bridgehead atoms. The Balaban J connectivity index is 0.000000504. The lowest BCUT2D eigenvalue weighted by molar-refractivity contribution is 0.102. The van der Waals surface area contributed by atoms with Crippen molar-refractivity contribution in [2.75, 3.05) is 41.9 Å². The van der Waals surface area contributed by atoms with E-state index in [9.17, 15) is 4.79 Å². The van der Waals surface area contributed by atoms with E-state index in [0.29, 0.717) is 12.3 Å². The van der Waals surface area contributed by atoms with E-state index >= 15 is 0 Å². The highest BCUT2D eigenvalue weighted by atomic mass is 32.2. The Kier molecular flexibility index (Phi) is 17.1. The SMILES string of the molecule is CC.CCC.CCCOCC.O=C(Nc1ccc2cnccc2c1)c1ccc(N2COCCS2)cc1. The summed E-state index contributed by atoms with van der Waals surface area (Å²) in [5.74, 6) is 0.821. The number of nitrogens with one attached hydrogen (secondary N) is 1. The van der Waals surface area contributed by atoms with Gasteiger partial charge in [-0.05, 0) is 73.1 Å². The van der Waals surface area contributed by atoms with E-state index in [4.69, 9.17) is 9.47 Å². The molecule has 0 spiro atoms. The average Bonchev–Trinajstić information content (AvgIpc) is 2.94. The van der Waals surface area contributed by atoms with Gasteiger partial charge in [0.2, 0.25) is 0 Å². The van der Waals surface area contributed by atoms with Gasteiger partial charge in [0, 0.05) is 53.7 Å². The van der Waals surface area contributed by atoms with Crippen LogP contribution < -0.4 is 9.62 Å². The Morgan fingerprint density at radius 3 is 2.36 bits per heavy atom. The first-order valence-corrected chi connectivity index (χ1v) is 13.9. The van der Waals surface area contributed by atoms with Crippen LogP contribution in [0.2, 0.25) is 0 Å². The number of rotatable bonds is 6. The van der Waals surface area contributed by atoms with Crippen molar-refractivity contribution in [3.8, 4) is 0 Å². The van der Waals surface area contributed by atoms with Gasteiger partial charge in [0.15, 0.2) is 0 Å². The molecule has 1 amide bonds. The maximum Gasteiger partial charge on any atom is 0.255 e. The Bertz CT molecular complexity index is 973. The molecule has 1 saturated heterocycles. The fraction of sp³-hybridized carbons (Fsp3) is 0.448. The molecule has 7 heteroatoms. The van der Waals surface area contributed by atoms with Gasteiger partial charge in [-0.1, -0.05) is 47.1 Å². The van der Waals surface area contributed by atoms with E-state index in [0.717, 1.165) is 54.1 Å². The molecule has 2 aromatic carbocycles. The normalized spacial score (nSPS) is 12.2. The van der Waals surface area contributed by atoms with Crippen molar-refractivity contribution >= 4 is 40.0 Å². The van der Waals surface area contributed by atoms with Crippen LogP contribution in [0.15, 0.2) is 60.9 Å². The summed E-state index contributed by atoms with van der Waals surface area (Å²) in [4.78, 5) is 16.6. The molecule has 4 rings (SSSR count). The van der Waals surface area contributed by atoms with Gasteiger partial charge in [-0.25, -0.2) is 0 Å². The van der Waals surface area contributed by atoms with Gasteiger partial charge in [-0.15, -0.1) is 0 Å². The minimum absolute atomic E-state index is 0.123. The zero-order valence-corrected chi connectivity index (χ0v) is 23.6. The number of amides is 1. The van der Waals surface area contributed by atoms with Gasteiger partial charge >= 0.3 is 0 Å². The lowest BCUT2D eigenvalue weighted by Crippen LogP contribution is -2.25. The van der Waals surface area contributed by atoms with Crippen LogP contribution >= 0.6 is 11.9 Å². The Hall–Kier alpha value is -2.61. The van der Waals surface area contributed by atoms with Crippen LogP contribution in [-0.2, 0) is 9.47 Å². The molecule has 1 aromatic heterocycles. The summed E-state index contributed by atoms with van der Waals surface area (Å²) in [6, 6.07) is 15.3. The first-order valence-electron chi connectivity index (χ1n) is 12.9. The minimum Gasteiger partial charge on any atom is -0.382 e. The van der Waals surface area contributed by atoms with Gasteiger partial charge in [-0.2, -0.15) is 0 Å². The summed E-state index contributed by atoms with van der Waals surface area (Å²) in [5.41, 5.74) is 2.44. The molecule has 0 radical (unpaired) electrons. The number of hydrogen-bond donors (Lipinski definition) is 1. The van der Waals surface area contributed by atoms with E-state index in [1.165, 1.54) is 6.42 Å². The molecule has 1 aliphatic rings. The predicted octanol–water partition coefficient (Wildman–Crippen LogP) is 7.80. The third-order valence-corrected chi connectivity index (χ3v) is 5.53. The maximum atomic E-state index is 12.5. The van der Waals surface area contributed by atoms with Crippen LogP contribution in [0.1, 0.15) is 64.7 Å². The molecule has 1 aliphatic heterocycles. The Morgan fingerprint density at radius 2 is 1.78 bits per heavy atom. The van der Waals surface area contributed by atoms with E-state index in [-0.39, 0.29) is 5.91 Å². The summed E-state index contributed by atoms with van der Waals surface area (Å²) >= 11 is 1.74. The van der Waals surface area contributed by atoms with Crippen LogP contribution in [0.3, 0.4) is 0 Å². The van der Waals surface area contributed by atoms with Crippen molar-refractivity contribution in [1.82, 2.24) is 4.98 Å². The smallest absolute Gasteiger partial charge is 0.255 e. The molecule has 1 fully saturated rings. The number of ether oxygens (including phenoxy) is 2. The Labute approximate surface area is 221 Å². The quantitative estimate of drug-likeness (QED) is 0.268. The summed E-state index contributed by atoms with van der Waals surface area (Å²) in [6.45, 7) is 15.5. The third-order valence-electron chi connectivity index (χ3n) is 4.55. The first-order chi connectivity index (χ1) is 17.6. The fourth-order valence-corrected chi connectivity index (χ4v) is 3.80. The highest BCUT2D eigenvalue weighted by molar-refractivity contribution is 8.00. The molecule has 0 aliphatic carbocycles. The number of carbonyl (C=O) groups excluding carboxylic acids is 1. The number of carbonyl (C=O) groups is 1. The molecule has 3 aromatic rings. The molecule has 2 heterocycles. The number of aromatic nitrogens is 1. The zero-order valence-electron chi connectivity index (χ0n) is 22.8. The summed E-state index contributed by atoms with van der Waals surface area (Å²) < 4.78 is 12.5. The van der Waals surface area contributed by atoms with Crippen LogP contribution in [0.25, 0.3) is 10.8 Å². The van der Waals surface area contributed by atoms with Crippen LogP contribution in [0.4, 0.5) is 11.4 Å². The van der Waals surface area contributed by atoms with Crippen molar-refractivity contribution in [1.29, 1.82) is 0 Å². The molecular weight excluding hydrogens is 470 g/mol. The van der Waals surface area contributed by atoms with Crippen molar-refractivity contribution in [2.45, 2.75) is 54.4 Å². The van der Waals surface area contributed by atoms with E-state index in [1.807, 2.05) is 75.5 Å². The second-order valence-electron chi connectivity index (χ2n) is 7.59. The molecule has 1 N–H and O–H groups in total. The van der Waals surface area contributed by atoms with Gasteiger partial charge in [-0.3, -0.25) is 14.1 Å². The van der Waals surface area contributed by atoms with Crippen LogP contribution in [-0.4, -0.2) is 43.2 Å². The highest BCUT2D eigenvalue weighted by Crippen LogP contribution is 2.25. The second kappa shape index (κ2) is 19.6. The van der Waals surface area contributed by atoms with Gasteiger partial charge < -0.3 is 14.8 Å². The molecule has 0 atom stereocenters. The fourth-order valence-electron chi connectivity index (χ4n) is 2.97. The van der Waals surface area contributed by atoms with Crippen molar-refractivity contribution < 1.29 is 14.3 Å². The zero-order chi connectivity index (χ0) is 26.6. The summed E-state index contributed by atoms with van der Waals surface area (Å²) in [7, 11) is 0. The summed E-state index contributed by atoms with van der Waals surface area (Å²) in [5, 5.41) is 5.04. The standard InChI is InChI=1S/C19H17N3O2S.C5H12O.C3H8.C2H6/c23-19(21-17-4-1-16-12-20-8-7-15(16)11-17)14-2-5-18(6-3-14)22-13-24-9-10-25-22;1-3-5-6-4-2;1-3-2;1-2/h1-8,11-12H,9-10,13H2,(H,21,23);3-5H2,1-2H3;3H2,1-2H3;1-2H3. The molecule has 0 saturated carbocycles. The van der Waals surface area contributed by atoms with Crippen molar-refractivity contribution in [3.05, 3.63) is 66.5 Å². The van der Waals surface area contributed by atoms with Gasteiger partial charge in [0.1, 0.15) is 6.73 Å². The molecule has 6 nitrogen and oxygen atoms in total. The third kappa shape index (κ3) is 11.4. The Morgan fingerprint density at radius 1 is 1.06 bits per heavy atom. The largest absolute Gasteiger partial charge is 0.382 e. The number of fused-ring (bicyclic) bond motifs is 1. The van der Waals surface area contributed by atoms with E-state index in [1.54, 1.807) is 18.1 Å². The maximum absolute atomic E-state index is 12.5. The number of hydrogen-bond acceptors (Lipinski definition) is 6. The van der Waals surface area contributed by atoms with Gasteiger partial charge in [0.25, 0.3) is 5.91 Å². The van der Waals surface area contributed by atoms with E-state index in [2.05, 4.69) is 35.4 Å². The highest BCUT2D eigenvalue weighted by Gasteiger charge is 2.13. The molecule has 0 unspecified atom stereocenters. The molecule has 36 heavy (non-hydrogen) atoms. The predicted molar refractivity (Wildman–Crippen MR) is 156 cm³/mol. The number of pyridine rings is 1. The number of nitrogens with zero attached hydrogens (tertiary/aromatic N) is 2. The second-order valence-corrected chi connectivity index (χ2v) is 8.70. The van der Waals surface area contributed by atoms with Crippen LogP contribution in [0, 0.1) is 0 Å². The van der Waals surface area contributed by atoms with Crippen molar-refractivity contribution in [3.63, 3.8) is 0 Å². The average molecular weight is 514 g/mol. The lowest BCUT2D eigenvalue weighted by atomic mass is 10.1. The monoisotopic (exact) mass is 513 g/mol. The summed E-state index contributed by atoms with van der Waals surface area (Å²) in [6.07, 6.45) is 5.94. The van der Waals surface area contributed by atoms with Gasteiger partial charge in [0.05, 0.1) is 6.61 Å². The minimum atomic E-state index is -0.123. The lowest BCUT2D eigenvalue weighted by Gasteiger charge is -2.27. The molecule has 198 valence electrons. The van der Waals surface area contributed by atoms with E-state index < -0.39 is 0 Å². The number of benzene rings is 2. The van der Waals surface area contributed by atoms with Crippen LogP contribution in [0.5, 0.6) is 0 Å².